The van der Waals surface area contributed by atoms with Gasteiger partial charge in [-0.2, -0.15) is 0 Å². The topological polar surface area (TPSA) is 46.3 Å². The van der Waals surface area contributed by atoms with Gasteiger partial charge in [-0.05, 0) is 11.8 Å². The van der Waals surface area contributed by atoms with E-state index in [-0.39, 0.29) is 22.8 Å². The fourth-order valence-corrected chi connectivity index (χ4v) is 1.84. The first-order chi connectivity index (χ1) is 6.64. The van der Waals surface area contributed by atoms with E-state index in [0.29, 0.717) is 6.54 Å². The first kappa shape index (κ1) is 12.5. The Kier molecular flexibility index (Phi) is 3.15. The van der Waals surface area contributed by atoms with Gasteiger partial charge in [0.2, 0.25) is 5.91 Å². The molecule has 2 N–H and O–H groups in total. The first-order valence-electron chi connectivity index (χ1n) is 5.69. The SMILES string of the molecule is CC(C)(C)C(=O)N1CCC(C)(C)C(N)C1. The Labute approximate surface area is 93.0 Å². The minimum atomic E-state index is -0.290. The van der Waals surface area contributed by atoms with E-state index in [9.17, 15) is 4.79 Å². The van der Waals surface area contributed by atoms with E-state index >= 15 is 0 Å². The van der Waals surface area contributed by atoms with Crippen LogP contribution < -0.4 is 5.73 Å². The van der Waals surface area contributed by atoms with Crippen LogP contribution in [0.1, 0.15) is 41.0 Å². The van der Waals surface area contributed by atoms with Gasteiger partial charge in [0.05, 0.1) is 0 Å². The molecule has 1 aliphatic rings. The van der Waals surface area contributed by atoms with Crippen LogP contribution in [0, 0.1) is 10.8 Å². The third kappa shape index (κ3) is 2.71. The van der Waals surface area contributed by atoms with Gasteiger partial charge in [-0.25, -0.2) is 0 Å². The molecule has 1 atom stereocenters. The van der Waals surface area contributed by atoms with Crippen molar-refractivity contribution in [2.45, 2.75) is 47.1 Å². The number of nitrogens with zero attached hydrogens (tertiary/aromatic N) is 1. The number of amides is 1. The number of likely N-dealkylation sites (tertiary alicyclic amines) is 1. The summed E-state index contributed by atoms with van der Waals surface area (Å²) in [5, 5.41) is 0. The van der Waals surface area contributed by atoms with E-state index in [1.54, 1.807) is 0 Å². The normalized spacial score (nSPS) is 26.5. The summed E-state index contributed by atoms with van der Waals surface area (Å²) in [6, 6.07) is 0.0950. The van der Waals surface area contributed by atoms with Crippen LogP contribution in [0.4, 0.5) is 0 Å². The van der Waals surface area contributed by atoms with E-state index < -0.39 is 0 Å². The Morgan fingerprint density at radius 1 is 1.40 bits per heavy atom. The molecule has 0 aromatic rings. The van der Waals surface area contributed by atoms with Crippen molar-refractivity contribution >= 4 is 5.91 Å². The van der Waals surface area contributed by atoms with E-state index in [1.165, 1.54) is 0 Å². The van der Waals surface area contributed by atoms with Crippen molar-refractivity contribution in [3.63, 3.8) is 0 Å². The third-order valence-electron chi connectivity index (χ3n) is 3.38. The molecule has 1 heterocycles. The van der Waals surface area contributed by atoms with Gasteiger partial charge in [-0.3, -0.25) is 4.79 Å². The molecular formula is C12H24N2O. The summed E-state index contributed by atoms with van der Waals surface area (Å²) in [4.78, 5) is 14.0. The van der Waals surface area contributed by atoms with Crippen molar-refractivity contribution in [1.29, 1.82) is 0 Å². The number of carbonyl (C=O) groups excluding carboxylic acids is 1. The zero-order valence-electron chi connectivity index (χ0n) is 10.6. The number of hydrogen-bond acceptors (Lipinski definition) is 2. The van der Waals surface area contributed by atoms with Crippen LogP contribution in [0.2, 0.25) is 0 Å². The number of piperidine rings is 1. The monoisotopic (exact) mass is 212 g/mol. The molecule has 1 amide bonds. The average molecular weight is 212 g/mol. The lowest BCUT2D eigenvalue weighted by Crippen LogP contribution is -2.56. The van der Waals surface area contributed by atoms with Crippen molar-refractivity contribution in [2.24, 2.45) is 16.6 Å². The molecule has 1 aliphatic heterocycles. The van der Waals surface area contributed by atoms with Gasteiger partial charge in [-0.1, -0.05) is 34.6 Å². The third-order valence-corrected chi connectivity index (χ3v) is 3.38. The van der Waals surface area contributed by atoms with Crippen molar-refractivity contribution < 1.29 is 4.79 Å². The Hall–Kier alpha value is -0.570. The molecule has 3 nitrogen and oxygen atoms in total. The summed E-state index contributed by atoms with van der Waals surface area (Å²) in [5.74, 6) is 0.216. The van der Waals surface area contributed by atoms with Crippen LogP contribution in [0.3, 0.4) is 0 Å². The molecule has 0 bridgehead atoms. The van der Waals surface area contributed by atoms with Crippen LogP contribution in [0.5, 0.6) is 0 Å². The predicted octanol–water partition coefficient (Wildman–Crippen LogP) is 1.62. The summed E-state index contributed by atoms with van der Waals surface area (Å²) in [6.07, 6.45) is 0.996. The van der Waals surface area contributed by atoms with E-state index in [0.717, 1.165) is 13.0 Å². The van der Waals surface area contributed by atoms with Gasteiger partial charge >= 0.3 is 0 Å². The van der Waals surface area contributed by atoms with E-state index in [4.69, 9.17) is 5.73 Å². The van der Waals surface area contributed by atoms with Gasteiger partial charge in [0.1, 0.15) is 0 Å². The summed E-state index contributed by atoms with van der Waals surface area (Å²) >= 11 is 0. The summed E-state index contributed by atoms with van der Waals surface area (Å²) < 4.78 is 0. The number of hydrogen-bond donors (Lipinski definition) is 1. The van der Waals surface area contributed by atoms with Gasteiger partial charge in [0, 0.05) is 24.5 Å². The van der Waals surface area contributed by atoms with Gasteiger partial charge in [0.25, 0.3) is 0 Å². The second kappa shape index (κ2) is 3.78. The van der Waals surface area contributed by atoms with Crippen molar-refractivity contribution in [2.75, 3.05) is 13.1 Å². The quantitative estimate of drug-likeness (QED) is 0.663. The van der Waals surface area contributed by atoms with Gasteiger partial charge < -0.3 is 10.6 Å². The molecule has 0 aliphatic carbocycles. The first-order valence-corrected chi connectivity index (χ1v) is 5.69. The second-order valence-electron chi connectivity index (χ2n) is 6.35. The highest BCUT2D eigenvalue weighted by Gasteiger charge is 2.37. The van der Waals surface area contributed by atoms with E-state index in [2.05, 4.69) is 13.8 Å². The standard InChI is InChI=1S/C12H24N2O/c1-11(2,3)10(15)14-7-6-12(4,5)9(13)8-14/h9H,6-8,13H2,1-5H3. The molecule has 0 saturated carbocycles. The molecule has 0 spiro atoms. The van der Waals surface area contributed by atoms with Crippen molar-refractivity contribution in [1.82, 2.24) is 4.90 Å². The maximum absolute atomic E-state index is 12.0. The van der Waals surface area contributed by atoms with Crippen LogP contribution in [0.25, 0.3) is 0 Å². The van der Waals surface area contributed by atoms with Crippen LogP contribution in [-0.2, 0) is 4.79 Å². The average Bonchev–Trinajstić information content (AvgIpc) is 2.07. The van der Waals surface area contributed by atoms with Crippen LogP contribution in [0.15, 0.2) is 0 Å². The Bertz CT molecular complexity index is 253. The second-order valence-corrected chi connectivity index (χ2v) is 6.35. The lowest BCUT2D eigenvalue weighted by molar-refractivity contribution is -0.142. The largest absolute Gasteiger partial charge is 0.341 e. The molecule has 1 fully saturated rings. The lowest BCUT2D eigenvalue weighted by atomic mass is 9.78. The van der Waals surface area contributed by atoms with Gasteiger partial charge in [0.15, 0.2) is 0 Å². The summed E-state index contributed by atoms with van der Waals surface area (Å²) in [6.45, 7) is 11.8. The molecule has 1 rings (SSSR count). The molecule has 15 heavy (non-hydrogen) atoms. The summed E-state index contributed by atoms with van der Waals surface area (Å²) in [7, 11) is 0. The van der Waals surface area contributed by atoms with Crippen molar-refractivity contribution in [3.8, 4) is 0 Å². The maximum atomic E-state index is 12.0. The Balaban J connectivity index is 2.67. The highest BCUT2D eigenvalue weighted by atomic mass is 16.2. The molecular weight excluding hydrogens is 188 g/mol. The molecule has 0 aromatic heterocycles. The van der Waals surface area contributed by atoms with Crippen molar-refractivity contribution in [3.05, 3.63) is 0 Å². The number of carbonyl (C=O) groups is 1. The molecule has 0 aromatic carbocycles. The van der Waals surface area contributed by atoms with Crippen LogP contribution >= 0.6 is 0 Å². The lowest BCUT2D eigenvalue weighted by Gasteiger charge is -2.43. The van der Waals surface area contributed by atoms with Crippen LogP contribution in [-0.4, -0.2) is 29.9 Å². The summed E-state index contributed by atoms with van der Waals surface area (Å²) in [5.41, 5.74) is 5.96. The zero-order chi connectivity index (χ0) is 11.9. The number of rotatable bonds is 0. The van der Waals surface area contributed by atoms with Gasteiger partial charge in [-0.15, -0.1) is 0 Å². The highest BCUT2D eigenvalue weighted by Crippen LogP contribution is 2.31. The predicted molar refractivity (Wildman–Crippen MR) is 62.4 cm³/mol. The zero-order valence-corrected chi connectivity index (χ0v) is 10.6. The smallest absolute Gasteiger partial charge is 0.228 e. The Morgan fingerprint density at radius 2 is 1.93 bits per heavy atom. The molecule has 3 heteroatoms. The van der Waals surface area contributed by atoms with E-state index in [1.807, 2.05) is 25.7 Å². The molecule has 88 valence electrons. The minimum Gasteiger partial charge on any atom is -0.341 e. The fraction of sp³-hybridized carbons (Fsp3) is 0.917. The minimum absolute atomic E-state index is 0.0950. The molecule has 1 saturated heterocycles. The number of nitrogens with two attached hydrogens (primary N) is 1. The Morgan fingerprint density at radius 3 is 2.33 bits per heavy atom. The molecule has 1 unspecified atom stereocenters. The fourth-order valence-electron chi connectivity index (χ4n) is 1.84. The highest BCUT2D eigenvalue weighted by molar-refractivity contribution is 5.81. The maximum Gasteiger partial charge on any atom is 0.228 e. The molecule has 0 radical (unpaired) electrons.